The molecule has 8 heteroatoms. The van der Waals surface area contributed by atoms with Gasteiger partial charge in [-0.05, 0) is 38.2 Å². The lowest BCUT2D eigenvalue weighted by Gasteiger charge is -2.34. The molecule has 0 saturated heterocycles. The second-order valence-corrected chi connectivity index (χ2v) is 8.05. The summed E-state index contributed by atoms with van der Waals surface area (Å²) in [5, 5.41) is 26.8. The van der Waals surface area contributed by atoms with Crippen LogP contribution < -0.4 is 5.43 Å². The molecular weight excluding hydrogens is 384 g/mol. The lowest BCUT2D eigenvalue weighted by molar-refractivity contribution is -0.393. The van der Waals surface area contributed by atoms with Crippen LogP contribution in [-0.2, 0) is 0 Å². The lowest BCUT2D eigenvalue weighted by atomic mass is 9.71. The van der Waals surface area contributed by atoms with Gasteiger partial charge >= 0.3 is 5.69 Å². The Morgan fingerprint density at radius 3 is 2.43 bits per heavy atom. The van der Waals surface area contributed by atoms with Crippen LogP contribution in [0.4, 0.5) is 17.1 Å². The molecule has 1 N–H and O–H groups in total. The largest absolute Gasteiger partial charge is 0.301 e. The number of non-ortho nitro benzene ring substituents is 1. The first-order chi connectivity index (χ1) is 14.3. The van der Waals surface area contributed by atoms with E-state index < -0.39 is 9.85 Å². The third-order valence-electron chi connectivity index (χ3n) is 5.95. The van der Waals surface area contributed by atoms with Crippen molar-refractivity contribution >= 4 is 22.8 Å². The highest BCUT2D eigenvalue weighted by molar-refractivity contribution is 5.91. The van der Waals surface area contributed by atoms with E-state index in [1.165, 1.54) is 24.1 Å². The number of nitro benzene ring substituents is 2. The van der Waals surface area contributed by atoms with Gasteiger partial charge in [-0.3, -0.25) is 25.7 Å². The van der Waals surface area contributed by atoms with Crippen LogP contribution in [0.25, 0.3) is 0 Å². The van der Waals surface area contributed by atoms with E-state index in [0.29, 0.717) is 5.92 Å². The van der Waals surface area contributed by atoms with Crippen LogP contribution in [0.5, 0.6) is 0 Å². The summed E-state index contributed by atoms with van der Waals surface area (Å²) >= 11 is 0. The number of benzene rings is 1. The summed E-state index contributed by atoms with van der Waals surface area (Å²) in [5.41, 5.74) is 6.19. The Hall–Kier alpha value is -2.77. The van der Waals surface area contributed by atoms with E-state index >= 15 is 0 Å². The van der Waals surface area contributed by atoms with Gasteiger partial charge in [-0.2, -0.15) is 5.10 Å². The molecule has 1 aromatic carbocycles. The minimum Gasteiger partial charge on any atom is -0.272 e. The second-order valence-electron chi connectivity index (χ2n) is 8.05. The molecule has 0 saturated carbocycles. The number of nitro groups is 2. The zero-order chi connectivity index (χ0) is 22.3. The van der Waals surface area contributed by atoms with E-state index in [9.17, 15) is 20.2 Å². The summed E-state index contributed by atoms with van der Waals surface area (Å²) in [7, 11) is 0. The Morgan fingerprint density at radius 2 is 1.83 bits per heavy atom. The average molecular weight is 417 g/mol. The Kier molecular flexibility index (Phi) is 8.50. The Labute approximate surface area is 177 Å². The number of allylic oxidation sites excluding steroid dienone is 2. The first-order valence-electron chi connectivity index (χ1n) is 10.7. The van der Waals surface area contributed by atoms with Gasteiger partial charge in [0.15, 0.2) is 0 Å². The summed E-state index contributed by atoms with van der Waals surface area (Å²) in [6.07, 6.45) is 7.63. The molecular formula is C22H32N4O4. The molecule has 8 nitrogen and oxygen atoms in total. The van der Waals surface area contributed by atoms with Gasteiger partial charge in [0.25, 0.3) is 5.69 Å². The maximum absolute atomic E-state index is 11.4. The molecule has 2 atom stereocenters. The van der Waals surface area contributed by atoms with Gasteiger partial charge < -0.3 is 0 Å². The Bertz CT molecular complexity index is 848. The van der Waals surface area contributed by atoms with Crippen molar-refractivity contribution in [3.05, 3.63) is 49.6 Å². The first kappa shape index (κ1) is 23.5. The number of anilines is 1. The molecule has 1 aliphatic rings. The van der Waals surface area contributed by atoms with Crippen LogP contribution in [-0.4, -0.2) is 15.6 Å². The van der Waals surface area contributed by atoms with E-state index in [1.54, 1.807) is 5.57 Å². The van der Waals surface area contributed by atoms with Crippen molar-refractivity contribution in [1.82, 2.24) is 0 Å². The summed E-state index contributed by atoms with van der Waals surface area (Å²) < 4.78 is 0. The van der Waals surface area contributed by atoms with Gasteiger partial charge in [0.05, 0.1) is 15.9 Å². The van der Waals surface area contributed by atoms with Gasteiger partial charge in [-0.25, -0.2) is 0 Å². The molecule has 0 bridgehead atoms. The fraction of sp³-hybridized carbons (Fsp3) is 0.591. The van der Waals surface area contributed by atoms with Crippen LogP contribution in [0.15, 0.2) is 34.4 Å². The third kappa shape index (κ3) is 5.64. The third-order valence-corrected chi connectivity index (χ3v) is 5.95. The van der Waals surface area contributed by atoms with Crippen LogP contribution in [0.2, 0.25) is 0 Å². The molecule has 0 heterocycles. The molecule has 1 aromatic rings. The molecule has 0 radical (unpaired) electrons. The van der Waals surface area contributed by atoms with Gasteiger partial charge in [0, 0.05) is 24.1 Å². The number of hydrogen-bond acceptors (Lipinski definition) is 6. The smallest absolute Gasteiger partial charge is 0.272 e. The Morgan fingerprint density at radius 1 is 1.13 bits per heavy atom. The normalized spacial score (nSPS) is 20.5. The van der Waals surface area contributed by atoms with Crippen molar-refractivity contribution in [1.29, 1.82) is 0 Å². The fourth-order valence-electron chi connectivity index (χ4n) is 4.16. The first-order valence-corrected chi connectivity index (χ1v) is 10.7. The summed E-state index contributed by atoms with van der Waals surface area (Å²) in [6.45, 7) is 8.75. The van der Waals surface area contributed by atoms with E-state index in [-0.39, 0.29) is 23.0 Å². The van der Waals surface area contributed by atoms with Crippen LogP contribution >= 0.6 is 0 Å². The number of rotatable bonds is 10. The standard InChI is InChI=1S/C22H32N4O4/c1-5-7-9-18-15(3)13-21(16(4)19(18)10-8-6-2)24-23-20-12-11-17(25(27)28)14-22(20)26(29)30/h11-12,14,16,19,23H,5-10,13H2,1-4H3/b24-21+. The molecule has 30 heavy (non-hydrogen) atoms. The lowest BCUT2D eigenvalue weighted by Crippen LogP contribution is -2.29. The number of nitrogens with one attached hydrogen (secondary N) is 1. The number of hydrazone groups is 1. The zero-order valence-corrected chi connectivity index (χ0v) is 18.3. The maximum Gasteiger partial charge on any atom is 0.301 e. The highest BCUT2D eigenvalue weighted by Crippen LogP contribution is 2.39. The SMILES string of the molecule is CCCCC1=C(C)C/C(=N\Nc2ccc([N+](=O)[O-])cc2[N+](=O)[O-])C(C)C1CCCC. The van der Waals surface area contributed by atoms with E-state index in [0.717, 1.165) is 50.3 Å². The fourth-order valence-corrected chi connectivity index (χ4v) is 4.16. The molecule has 2 unspecified atom stereocenters. The average Bonchev–Trinajstić information content (AvgIpc) is 2.71. The highest BCUT2D eigenvalue weighted by Gasteiger charge is 2.31. The summed E-state index contributed by atoms with van der Waals surface area (Å²) in [4.78, 5) is 21.0. The Balaban J connectivity index is 2.32. The number of hydrogen-bond donors (Lipinski definition) is 1. The molecule has 0 aliphatic heterocycles. The highest BCUT2D eigenvalue weighted by atomic mass is 16.6. The topological polar surface area (TPSA) is 111 Å². The van der Waals surface area contributed by atoms with Gasteiger partial charge in [-0.1, -0.05) is 51.2 Å². The van der Waals surface area contributed by atoms with Crippen molar-refractivity contribution in [2.75, 3.05) is 5.43 Å². The minimum absolute atomic E-state index is 0.161. The monoisotopic (exact) mass is 416 g/mol. The predicted molar refractivity (Wildman–Crippen MR) is 120 cm³/mol. The van der Waals surface area contributed by atoms with Crippen molar-refractivity contribution in [3.8, 4) is 0 Å². The molecule has 1 aliphatic carbocycles. The number of nitrogens with zero attached hydrogens (tertiary/aromatic N) is 3. The van der Waals surface area contributed by atoms with Gasteiger partial charge in [0.1, 0.15) is 5.69 Å². The van der Waals surface area contributed by atoms with Crippen LogP contribution in [0, 0.1) is 32.1 Å². The molecule has 2 rings (SSSR count). The van der Waals surface area contributed by atoms with Crippen molar-refractivity contribution < 1.29 is 9.85 Å². The van der Waals surface area contributed by atoms with Crippen molar-refractivity contribution in [3.63, 3.8) is 0 Å². The van der Waals surface area contributed by atoms with E-state index in [2.05, 4.69) is 38.2 Å². The molecule has 0 fully saturated rings. The molecule has 0 spiro atoms. The summed E-state index contributed by atoms with van der Waals surface area (Å²) in [5.74, 6) is 0.689. The second kappa shape index (κ2) is 10.8. The molecule has 0 amide bonds. The van der Waals surface area contributed by atoms with Crippen LogP contribution in [0.1, 0.15) is 72.6 Å². The van der Waals surface area contributed by atoms with Crippen molar-refractivity contribution in [2.45, 2.75) is 72.6 Å². The van der Waals surface area contributed by atoms with E-state index in [4.69, 9.17) is 0 Å². The minimum atomic E-state index is -0.643. The van der Waals surface area contributed by atoms with Gasteiger partial charge in [-0.15, -0.1) is 0 Å². The maximum atomic E-state index is 11.4. The predicted octanol–water partition coefficient (Wildman–Crippen LogP) is 6.62. The zero-order valence-electron chi connectivity index (χ0n) is 18.3. The van der Waals surface area contributed by atoms with Gasteiger partial charge in [0.2, 0.25) is 0 Å². The van der Waals surface area contributed by atoms with E-state index in [1.807, 2.05) is 0 Å². The molecule has 164 valence electrons. The molecule has 0 aromatic heterocycles. The van der Waals surface area contributed by atoms with Crippen LogP contribution in [0.3, 0.4) is 0 Å². The van der Waals surface area contributed by atoms with Crippen molar-refractivity contribution in [2.24, 2.45) is 16.9 Å². The quantitative estimate of drug-likeness (QED) is 0.261. The number of unbranched alkanes of at least 4 members (excludes halogenated alkanes) is 2. The summed E-state index contributed by atoms with van der Waals surface area (Å²) in [6, 6.07) is 3.56.